The zero-order valence-corrected chi connectivity index (χ0v) is 13.5. The number of anilines is 2. The molecular weight excluding hydrogens is 306 g/mol. The van der Waals surface area contributed by atoms with Crippen LogP contribution in [-0.2, 0) is 0 Å². The van der Waals surface area contributed by atoms with Crippen molar-refractivity contribution in [1.29, 1.82) is 5.26 Å². The van der Waals surface area contributed by atoms with E-state index in [1.165, 1.54) is 7.11 Å². The van der Waals surface area contributed by atoms with E-state index in [9.17, 15) is 0 Å². The standard InChI is InChI=1S/C17H15N5O2/c1-10-16(11(2)24-22-10)21-17-19-8-14(9-20-17)12-4-5-13(7-18)15(6-12)23-3/h4-6,8-9H,1-3H3,(H,19,20,21). The fourth-order valence-corrected chi connectivity index (χ4v) is 2.28. The second-order valence-electron chi connectivity index (χ2n) is 5.15. The molecule has 0 unspecified atom stereocenters. The molecule has 1 N–H and O–H groups in total. The average Bonchev–Trinajstić information content (AvgIpc) is 2.93. The Hall–Kier alpha value is -3.40. The lowest BCUT2D eigenvalue weighted by Gasteiger charge is -2.07. The van der Waals surface area contributed by atoms with Gasteiger partial charge in [0.05, 0.1) is 12.7 Å². The van der Waals surface area contributed by atoms with Gasteiger partial charge in [-0.15, -0.1) is 0 Å². The lowest BCUT2D eigenvalue weighted by molar-refractivity contribution is 0.393. The van der Waals surface area contributed by atoms with E-state index in [1.54, 1.807) is 24.5 Å². The molecule has 0 aliphatic heterocycles. The second kappa shape index (κ2) is 6.38. The Balaban J connectivity index is 1.86. The van der Waals surface area contributed by atoms with Crippen molar-refractivity contribution in [2.45, 2.75) is 13.8 Å². The van der Waals surface area contributed by atoms with Gasteiger partial charge >= 0.3 is 0 Å². The first-order valence-corrected chi connectivity index (χ1v) is 7.23. The summed E-state index contributed by atoms with van der Waals surface area (Å²) >= 11 is 0. The molecule has 2 heterocycles. The molecule has 3 aromatic rings. The fourth-order valence-electron chi connectivity index (χ4n) is 2.28. The smallest absolute Gasteiger partial charge is 0.227 e. The number of hydrogen-bond donors (Lipinski definition) is 1. The summed E-state index contributed by atoms with van der Waals surface area (Å²) in [5, 5.41) is 16.0. The Bertz CT molecular complexity index is 890. The highest BCUT2D eigenvalue weighted by Gasteiger charge is 2.11. The van der Waals surface area contributed by atoms with E-state index >= 15 is 0 Å². The molecule has 120 valence electrons. The highest BCUT2D eigenvalue weighted by Crippen LogP contribution is 2.27. The van der Waals surface area contributed by atoms with Gasteiger partial charge in [-0.25, -0.2) is 9.97 Å². The van der Waals surface area contributed by atoms with E-state index in [2.05, 4.69) is 26.5 Å². The molecular formula is C17H15N5O2. The Labute approximate surface area is 138 Å². The second-order valence-corrected chi connectivity index (χ2v) is 5.15. The highest BCUT2D eigenvalue weighted by atomic mass is 16.5. The molecule has 0 fully saturated rings. The van der Waals surface area contributed by atoms with Gasteiger partial charge in [-0.1, -0.05) is 11.2 Å². The minimum Gasteiger partial charge on any atom is -0.495 e. The maximum Gasteiger partial charge on any atom is 0.227 e. The van der Waals surface area contributed by atoms with E-state index in [-0.39, 0.29) is 0 Å². The summed E-state index contributed by atoms with van der Waals surface area (Å²) in [7, 11) is 1.53. The summed E-state index contributed by atoms with van der Waals surface area (Å²) in [6, 6.07) is 7.43. The van der Waals surface area contributed by atoms with Gasteiger partial charge in [0.2, 0.25) is 5.95 Å². The number of aromatic nitrogens is 3. The molecule has 0 aliphatic rings. The Kier molecular flexibility index (Phi) is 4.12. The van der Waals surface area contributed by atoms with Crippen molar-refractivity contribution >= 4 is 11.6 Å². The topological polar surface area (TPSA) is 96.9 Å². The van der Waals surface area contributed by atoms with Gasteiger partial charge in [-0.3, -0.25) is 0 Å². The van der Waals surface area contributed by atoms with Crippen molar-refractivity contribution in [3.05, 3.63) is 47.6 Å². The van der Waals surface area contributed by atoms with E-state index in [0.717, 1.165) is 22.5 Å². The van der Waals surface area contributed by atoms with E-state index in [1.807, 2.05) is 19.9 Å². The number of ether oxygens (including phenoxy) is 1. The first kappa shape index (κ1) is 15.5. The summed E-state index contributed by atoms with van der Waals surface area (Å²) in [5.41, 5.74) is 3.69. The number of hydrogen-bond acceptors (Lipinski definition) is 7. The SMILES string of the molecule is COc1cc(-c2cnc(Nc3c(C)noc3C)nc2)ccc1C#N. The van der Waals surface area contributed by atoms with Crippen LogP contribution in [0.5, 0.6) is 5.75 Å². The van der Waals surface area contributed by atoms with Gasteiger partial charge in [0.25, 0.3) is 0 Å². The van der Waals surface area contributed by atoms with Crippen molar-refractivity contribution in [2.24, 2.45) is 0 Å². The van der Waals surface area contributed by atoms with Crippen molar-refractivity contribution in [1.82, 2.24) is 15.1 Å². The lowest BCUT2D eigenvalue weighted by atomic mass is 10.1. The van der Waals surface area contributed by atoms with E-state index in [4.69, 9.17) is 14.5 Å². The van der Waals surface area contributed by atoms with Gasteiger partial charge in [-0.05, 0) is 31.5 Å². The first-order valence-electron chi connectivity index (χ1n) is 7.23. The number of aryl methyl sites for hydroxylation is 2. The van der Waals surface area contributed by atoms with Gasteiger partial charge in [0.1, 0.15) is 23.2 Å². The number of nitriles is 1. The van der Waals surface area contributed by atoms with Crippen LogP contribution in [-0.4, -0.2) is 22.2 Å². The van der Waals surface area contributed by atoms with Gasteiger partial charge in [-0.2, -0.15) is 5.26 Å². The van der Waals surface area contributed by atoms with Crippen molar-refractivity contribution in [2.75, 3.05) is 12.4 Å². The van der Waals surface area contributed by atoms with Crippen molar-refractivity contribution in [3.8, 4) is 22.9 Å². The van der Waals surface area contributed by atoms with Gasteiger partial charge in [0, 0.05) is 18.0 Å². The summed E-state index contributed by atoms with van der Waals surface area (Å²) < 4.78 is 10.3. The average molecular weight is 321 g/mol. The third kappa shape index (κ3) is 2.90. The summed E-state index contributed by atoms with van der Waals surface area (Å²) in [6.45, 7) is 3.66. The van der Waals surface area contributed by atoms with Gasteiger partial charge < -0.3 is 14.6 Å². The van der Waals surface area contributed by atoms with Crippen LogP contribution in [0.3, 0.4) is 0 Å². The molecule has 0 radical (unpaired) electrons. The molecule has 1 aromatic carbocycles. The first-order chi connectivity index (χ1) is 11.6. The summed E-state index contributed by atoms with van der Waals surface area (Å²) in [4.78, 5) is 8.63. The Morgan fingerprint density at radius 2 is 1.92 bits per heavy atom. The summed E-state index contributed by atoms with van der Waals surface area (Å²) in [5.74, 6) is 1.65. The number of benzene rings is 1. The predicted octanol–water partition coefficient (Wildman–Crippen LogP) is 3.37. The molecule has 0 amide bonds. The molecule has 0 aliphatic carbocycles. The monoisotopic (exact) mass is 321 g/mol. The maximum absolute atomic E-state index is 9.04. The molecule has 0 atom stereocenters. The van der Waals surface area contributed by atoms with Crippen LogP contribution in [0.1, 0.15) is 17.0 Å². The quantitative estimate of drug-likeness (QED) is 0.786. The molecule has 24 heavy (non-hydrogen) atoms. The number of methoxy groups -OCH3 is 1. The van der Waals surface area contributed by atoms with Crippen molar-refractivity contribution < 1.29 is 9.26 Å². The van der Waals surface area contributed by atoms with Crippen LogP contribution in [0, 0.1) is 25.2 Å². The molecule has 3 rings (SSSR count). The maximum atomic E-state index is 9.04. The molecule has 0 spiro atoms. The predicted molar refractivity (Wildman–Crippen MR) is 88.0 cm³/mol. The van der Waals surface area contributed by atoms with Crippen LogP contribution < -0.4 is 10.1 Å². The zero-order chi connectivity index (χ0) is 17.1. The Morgan fingerprint density at radius 1 is 1.17 bits per heavy atom. The van der Waals surface area contributed by atoms with Crippen molar-refractivity contribution in [3.63, 3.8) is 0 Å². The third-order valence-electron chi connectivity index (χ3n) is 3.58. The molecule has 0 saturated heterocycles. The van der Waals surface area contributed by atoms with Crippen LogP contribution >= 0.6 is 0 Å². The normalized spacial score (nSPS) is 10.2. The Morgan fingerprint density at radius 3 is 2.50 bits per heavy atom. The minimum atomic E-state index is 0.453. The van der Waals surface area contributed by atoms with Gasteiger partial charge in [0.15, 0.2) is 5.76 Å². The summed E-state index contributed by atoms with van der Waals surface area (Å²) in [6.07, 6.45) is 3.41. The molecule has 7 heteroatoms. The van der Waals surface area contributed by atoms with Crippen LogP contribution in [0.15, 0.2) is 35.1 Å². The molecule has 0 bridgehead atoms. The van der Waals surface area contributed by atoms with Crippen LogP contribution in [0.25, 0.3) is 11.1 Å². The number of nitrogens with one attached hydrogen (secondary N) is 1. The third-order valence-corrected chi connectivity index (χ3v) is 3.58. The lowest BCUT2D eigenvalue weighted by Crippen LogP contribution is -1.98. The van der Waals surface area contributed by atoms with E-state index < -0.39 is 0 Å². The molecule has 7 nitrogen and oxygen atoms in total. The zero-order valence-electron chi connectivity index (χ0n) is 13.5. The highest BCUT2D eigenvalue weighted by molar-refractivity contribution is 5.67. The minimum absolute atomic E-state index is 0.453. The number of nitrogens with zero attached hydrogens (tertiary/aromatic N) is 4. The molecule has 2 aromatic heterocycles. The van der Waals surface area contributed by atoms with Crippen LogP contribution in [0.2, 0.25) is 0 Å². The fraction of sp³-hybridized carbons (Fsp3) is 0.176. The largest absolute Gasteiger partial charge is 0.495 e. The number of rotatable bonds is 4. The molecule has 0 saturated carbocycles. The van der Waals surface area contributed by atoms with Crippen LogP contribution in [0.4, 0.5) is 11.6 Å². The van der Waals surface area contributed by atoms with E-state index in [0.29, 0.717) is 23.0 Å².